The highest BCUT2D eigenvalue weighted by Crippen LogP contribution is 2.28. The molecule has 3 rings (SSSR count). The number of nitrogens with zero attached hydrogens (tertiary/aromatic N) is 2. The van der Waals surface area contributed by atoms with Crippen LogP contribution in [0.2, 0.25) is 0 Å². The maximum absolute atomic E-state index is 12.9. The predicted molar refractivity (Wildman–Crippen MR) is 103 cm³/mol. The molecule has 1 atom stereocenters. The molecule has 0 saturated carbocycles. The first-order valence-corrected chi connectivity index (χ1v) is 9.35. The Kier molecular flexibility index (Phi) is 5.74. The fourth-order valence-corrected chi connectivity index (χ4v) is 3.37. The van der Waals surface area contributed by atoms with E-state index in [0.29, 0.717) is 5.69 Å². The molecule has 5 nitrogen and oxygen atoms in total. The smallest absolute Gasteiger partial charge is 0.257 e. The minimum absolute atomic E-state index is 0.0512. The normalized spacial score (nSPS) is 16.8. The molecule has 26 heavy (non-hydrogen) atoms. The first-order valence-electron chi connectivity index (χ1n) is 8.03. The van der Waals surface area contributed by atoms with Gasteiger partial charge in [0.2, 0.25) is 11.8 Å². The molecule has 1 heterocycles. The van der Waals surface area contributed by atoms with Crippen molar-refractivity contribution in [1.29, 1.82) is 0 Å². The molecule has 0 spiro atoms. The van der Waals surface area contributed by atoms with Crippen LogP contribution in [0.3, 0.4) is 0 Å². The average Bonchev–Trinajstić information content (AvgIpc) is 2.95. The molecule has 0 aromatic heterocycles. The number of amides is 3. The molecule has 1 aliphatic rings. The van der Waals surface area contributed by atoms with Gasteiger partial charge in [-0.05, 0) is 29.8 Å². The van der Waals surface area contributed by atoms with E-state index in [1.807, 2.05) is 30.3 Å². The molecular weight excluding hydrogens is 420 g/mol. The van der Waals surface area contributed by atoms with Crippen LogP contribution in [-0.2, 0) is 20.9 Å². The highest BCUT2D eigenvalue weighted by atomic mass is 79.9. The topological polar surface area (TPSA) is 57.7 Å². The van der Waals surface area contributed by atoms with Gasteiger partial charge >= 0.3 is 0 Å². The third kappa shape index (κ3) is 3.81. The molecule has 1 saturated heterocycles. The first kappa shape index (κ1) is 18.6. The fourth-order valence-electron chi connectivity index (χ4n) is 2.95. The Labute approximate surface area is 164 Å². The summed E-state index contributed by atoms with van der Waals surface area (Å²) in [5, 5.41) is 0. The van der Waals surface area contributed by atoms with Crippen molar-refractivity contribution >= 4 is 50.9 Å². The van der Waals surface area contributed by atoms with E-state index in [4.69, 9.17) is 11.6 Å². The number of hydrogen-bond acceptors (Lipinski definition) is 3. The van der Waals surface area contributed by atoms with Gasteiger partial charge in [0.05, 0.1) is 12.1 Å². The number of halogens is 2. The standard InChI is InChI=1S/C19H16BrClN2O3/c20-14-6-8-15(9-7-14)23-17(24)10-16(19(23)26)22(18(25)11-21)12-13-4-2-1-3-5-13/h1-9,16H,10-12H2/t16-/m1/s1. The number of imide groups is 1. The average molecular weight is 436 g/mol. The number of carbonyl (C=O) groups excluding carboxylic acids is 3. The van der Waals surface area contributed by atoms with Crippen molar-refractivity contribution < 1.29 is 14.4 Å². The van der Waals surface area contributed by atoms with E-state index in [1.54, 1.807) is 24.3 Å². The summed E-state index contributed by atoms with van der Waals surface area (Å²) in [6.45, 7) is 0.226. The van der Waals surface area contributed by atoms with E-state index in [0.717, 1.165) is 14.9 Å². The highest BCUT2D eigenvalue weighted by Gasteiger charge is 2.44. The van der Waals surface area contributed by atoms with E-state index in [1.165, 1.54) is 4.90 Å². The lowest BCUT2D eigenvalue weighted by atomic mass is 10.1. The summed E-state index contributed by atoms with van der Waals surface area (Å²) in [6, 6.07) is 15.4. The lowest BCUT2D eigenvalue weighted by Crippen LogP contribution is -2.45. The molecule has 0 unspecified atom stereocenters. The van der Waals surface area contributed by atoms with Crippen LogP contribution in [0.4, 0.5) is 5.69 Å². The molecule has 0 radical (unpaired) electrons. The van der Waals surface area contributed by atoms with Crippen LogP contribution in [0.1, 0.15) is 12.0 Å². The van der Waals surface area contributed by atoms with Crippen molar-refractivity contribution in [2.24, 2.45) is 0 Å². The zero-order valence-electron chi connectivity index (χ0n) is 13.8. The fraction of sp³-hybridized carbons (Fsp3) is 0.211. The molecule has 134 valence electrons. The minimum Gasteiger partial charge on any atom is -0.325 e. The molecule has 2 aromatic rings. The Morgan fingerprint density at radius 1 is 1.12 bits per heavy atom. The van der Waals surface area contributed by atoms with E-state index in [2.05, 4.69) is 15.9 Å². The Morgan fingerprint density at radius 3 is 2.38 bits per heavy atom. The summed E-state index contributed by atoms with van der Waals surface area (Å²) < 4.78 is 0.847. The van der Waals surface area contributed by atoms with Gasteiger partial charge in [-0.3, -0.25) is 14.4 Å². The predicted octanol–water partition coefficient (Wildman–Crippen LogP) is 3.35. The molecule has 3 amide bonds. The first-order chi connectivity index (χ1) is 12.5. The Balaban J connectivity index is 1.87. The van der Waals surface area contributed by atoms with E-state index in [9.17, 15) is 14.4 Å². The van der Waals surface area contributed by atoms with Gasteiger partial charge in [-0.15, -0.1) is 11.6 Å². The van der Waals surface area contributed by atoms with E-state index < -0.39 is 11.9 Å². The molecule has 0 bridgehead atoms. The Hall–Kier alpha value is -2.18. The van der Waals surface area contributed by atoms with E-state index >= 15 is 0 Å². The van der Waals surface area contributed by atoms with Crippen LogP contribution >= 0.6 is 27.5 Å². The third-order valence-corrected chi connectivity index (χ3v) is 4.97. The van der Waals surface area contributed by atoms with Gasteiger partial charge < -0.3 is 4.90 Å². The maximum Gasteiger partial charge on any atom is 0.257 e. The largest absolute Gasteiger partial charge is 0.325 e. The zero-order chi connectivity index (χ0) is 18.7. The summed E-state index contributed by atoms with van der Waals surface area (Å²) in [5.41, 5.74) is 1.36. The molecule has 1 aliphatic heterocycles. The molecule has 0 aliphatic carbocycles. The van der Waals surface area contributed by atoms with Crippen molar-refractivity contribution in [3.8, 4) is 0 Å². The van der Waals surface area contributed by atoms with Crippen molar-refractivity contribution in [3.05, 3.63) is 64.6 Å². The Bertz CT molecular complexity index is 826. The minimum atomic E-state index is -0.849. The summed E-state index contributed by atoms with van der Waals surface area (Å²) in [5.74, 6) is -1.36. The van der Waals surface area contributed by atoms with Gasteiger partial charge in [-0.25, -0.2) is 4.90 Å². The van der Waals surface area contributed by atoms with Crippen molar-refractivity contribution in [1.82, 2.24) is 4.90 Å². The summed E-state index contributed by atoms with van der Waals surface area (Å²) in [7, 11) is 0. The second kappa shape index (κ2) is 8.01. The Morgan fingerprint density at radius 2 is 1.77 bits per heavy atom. The van der Waals surface area contributed by atoms with E-state index in [-0.39, 0.29) is 30.7 Å². The summed E-state index contributed by atoms with van der Waals surface area (Å²) >= 11 is 9.07. The van der Waals surface area contributed by atoms with Crippen LogP contribution in [-0.4, -0.2) is 34.5 Å². The number of carbonyl (C=O) groups is 3. The molecule has 1 fully saturated rings. The van der Waals surface area contributed by atoms with Crippen molar-refractivity contribution in [2.45, 2.75) is 19.0 Å². The quantitative estimate of drug-likeness (QED) is 0.534. The number of alkyl halides is 1. The van der Waals surface area contributed by atoms with Gasteiger partial charge in [-0.1, -0.05) is 46.3 Å². The van der Waals surface area contributed by atoms with Crippen LogP contribution in [0.5, 0.6) is 0 Å². The second-order valence-corrected chi connectivity index (χ2v) is 7.09. The SMILES string of the molecule is O=C1C[C@@H](N(Cc2ccccc2)C(=O)CCl)C(=O)N1c1ccc(Br)cc1. The molecular formula is C19H16BrClN2O3. The number of benzene rings is 2. The van der Waals surface area contributed by atoms with Gasteiger partial charge in [0, 0.05) is 11.0 Å². The molecule has 0 N–H and O–H groups in total. The second-order valence-electron chi connectivity index (χ2n) is 5.90. The van der Waals surface area contributed by atoms with Crippen LogP contribution in [0, 0.1) is 0 Å². The van der Waals surface area contributed by atoms with Crippen LogP contribution in [0.15, 0.2) is 59.1 Å². The van der Waals surface area contributed by atoms with Crippen LogP contribution in [0.25, 0.3) is 0 Å². The lowest BCUT2D eigenvalue weighted by Gasteiger charge is -2.27. The number of rotatable bonds is 5. The zero-order valence-corrected chi connectivity index (χ0v) is 16.1. The number of anilines is 1. The third-order valence-electron chi connectivity index (χ3n) is 4.21. The molecule has 2 aromatic carbocycles. The summed E-state index contributed by atoms with van der Waals surface area (Å²) in [6.07, 6.45) is -0.0512. The van der Waals surface area contributed by atoms with Crippen molar-refractivity contribution in [3.63, 3.8) is 0 Å². The maximum atomic E-state index is 12.9. The van der Waals surface area contributed by atoms with Gasteiger partial charge in [0.15, 0.2) is 0 Å². The number of hydrogen-bond donors (Lipinski definition) is 0. The van der Waals surface area contributed by atoms with Crippen LogP contribution < -0.4 is 4.90 Å². The van der Waals surface area contributed by atoms with Gasteiger partial charge in [-0.2, -0.15) is 0 Å². The lowest BCUT2D eigenvalue weighted by molar-refractivity contribution is -0.136. The summed E-state index contributed by atoms with van der Waals surface area (Å²) in [4.78, 5) is 40.3. The van der Waals surface area contributed by atoms with Gasteiger partial charge in [0.1, 0.15) is 11.9 Å². The van der Waals surface area contributed by atoms with Crippen molar-refractivity contribution in [2.75, 3.05) is 10.8 Å². The monoisotopic (exact) mass is 434 g/mol. The highest BCUT2D eigenvalue weighted by molar-refractivity contribution is 9.10. The molecule has 7 heteroatoms. The van der Waals surface area contributed by atoms with Gasteiger partial charge in [0.25, 0.3) is 5.91 Å².